The molecule has 0 saturated heterocycles. The molecule has 0 saturated carbocycles. The number of esters is 4. The van der Waals surface area contributed by atoms with Gasteiger partial charge in [0.25, 0.3) is 0 Å². The average Bonchev–Trinajstić information content (AvgIpc) is 3.71. The topological polar surface area (TPSA) is 237 Å². The second-order valence-electron chi connectivity index (χ2n) is 26.2. The van der Waals surface area contributed by atoms with E-state index in [0.29, 0.717) is 31.6 Å². The van der Waals surface area contributed by atoms with Crippen LogP contribution in [0.2, 0.25) is 0 Å². The van der Waals surface area contributed by atoms with Gasteiger partial charge in [0.1, 0.15) is 19.3 Å². The fraction of sp³-hybridized carbons (Fsp3) is 0.943. The highest BCUT2D eigenvalue weighted by Gasteiger charge is 2.30. The lowest BCUT2D eigenvalue weighted by atomic mass is 10.0. The molecule has 0 heterocycles. The largest absolute Gasteiger partial charge is 0.472 e. The summed E-state index contributed by atoms with van der Waals surface area (Å²) in [6, 6.07) is 0. The van der Waals surface area contributed by atoms with Crippen molar-refractivity contribution in [3.8, 4) is 0 Å². The van der Waals surface area contributed by atoms with Crippen LogP contribution >= 0.6 is 15.6 Å². The zero-order chi connectivity index (χ0) is 65.7. The highest BCUT2D eigenvalue weighted by Crippen LogP contribution is 2.45. The van der Waals surface area contributed by atoms with Crippen molar-refractivity contribution in [2.45, 2.75) is 374 Å². The summed E-state index contributed by atoms with van der Waals surface area (Å²) >= 11 is 0. The van der Waals surface area contributed by atoms with E-state index in [-0.39, 0.29) is 25.7 Å². The van der Waals surface area contributed by atoms with E-state index in [0.717, 1.165) is 102 Å². The minimum atomic E-state index is -4.95. The molecule has 0 aromatic heterocycles. The number of hydrogen-bond acceptors (Lipinski definition) is 15. The molecule has 0 rings (SSSR count). The van der Waals surface area contributed by atoms with Gasteiger partial charge in [-0.2, -0.15) is 0 Å². The maximum atomic E-state index is 13.0. The molecule has 0 aliphatic heterocycles. The third kappa shape index (κ3) is 64.6. The summed E-state index contributed by atoms with van der Waals surface area (Å²) in [7, 11) is -9.90. The molecule has 0 amide bonds. The molecule has 0 aliphatic rings. The molecule has 0 aromatic carbocycles. The summed E-state index contributed by atoms with van der Waals surface area (Å²) in [5.74, 6) is -0.652. The Morgan fingerprint density at radius 3 is 0.764 bits per heavy atom. The highest BCUT2D eigenvalue weighted by molar-refractivity contribution is 7.47. The number of rotatable bonds is 69. The molecule has 89 heavy (non-hydrogen) atoms. The third-order valence-electron chi connectivity index (χ3n) is 16.2. The fourth-order valence-corrected chi connectivity index (χ4v) is 12.2. The van der Waals surface area contributed by atoms with E-state index < -0.39 is 97.5 Å². The Morgan fingerprint density at radius 1 is 0.303 bits per heavy atom. The number of phosphoric ester groups is 2. The van der Waals surface area contributed by atoms with E-state index in [1.807, 2.05) is 0 Å². The third-order valence-corrected chi connectivity index (χ3v) is 18.1. The Hall–Kier alpha value is -1.94. The van der Waals surface area contributed by atoms with Crippen molar-refractivity contribution < 1.29 is 80.2 Å². The van der Waals surface area contributed by atoms with Crippen LogP contribution in [0.25, 0.3) is 0 Å². The van der Waals surface area contributed by atoms with Crippen LogP contribution in [0, 0.1) is 11.8 Å². The minimum absolute atomic E-state index is 0.106. The van der Waals surface area contributed by atoms with Crippen LogP contribution in [0.15, 0.2) is 0 Å². The first-order valence-electron chi connectivity index (χ1n) is 36.5. The van der Waals surface area contributed by atoms with Crippen molar-refractivity contribution in [2.24, 2.45) is 11.8 Å². The van der Waals surface area contributed by atoms with Crippen LogP contribution < -0.4 is 0 Å². The summed E-state index contributed by atoms with van der Waals surface area (Å²) in [6.45, 7) is 9.50. The molecule has 0 radical (unpaired) electrons. The van der Waals surface area contributed by atoms with E-state index >= 15 is 0 Å². The highest BCUT2D eigenvalue weighted by atomic mass is 31.2. The van der Waals surface area contributed by atoms with Gasteiger partial charge in [-0.25, -0.2) is 9.13 Å². The predicted molar refractivity (Wildman–Crippen MR) is 358 cm³/mol. The predicted octanol–water partition coefficient (Wildman–Crippen LogP) is 20.0. The van der Waals surface area contributed by atoms with E-state index in [4.69, 9.17) is 37.0 Å². The Labute approximate surface area is 543 Å². The summed E-state index contributed by atoms with van der Waals surface area (Å²) in [5, 5.41) is 10.6. The number of aliphatic hydroxyl groups is 1. The standard InChI is InChI=1S/C70H136O17P2/c1-7-9-11-13-15-17-19-21-25-28-34-40-46-52-67(72)80-58-65(86-70(75)55-49-43-36-30-26-22-23-27-32-38-44-50-62(3)4)60-84-88(76,77)82-56-64(71)57-83-89(78,79)85-61-66(59-81-68(73)53-47-41-37-31-33-39-45-51-63(5)6)87-69(74)54-48-42-35-29-24-20-18-16-14-12-10-8-2/h62-66,71H,7-61H2,1-6H3,(H,76,77)(H,78,79)/t64-,65-,66-/m1/s1. The van der Waals surface area contributed by atoms with Crippen molar-refractivity contribution >= 4 is 39.5 Å². The summed E-state index contributed by atoms with van der Waals surface area (Å²) in [5.41, 5.74) is 0. The number of hydrogen-bond donors (Lipinski definition) is 3. The van der Waals surface area contributed by atoms with Crippen molar-refractivity contribution in [1.82, 2.24) is 0 Å². The van der Waals surface area contributed by atoms with Crippen molar-refractivity contribution in [3.05, 3.63) is 0 Å². The van der Waals surface area contributed by atoms with Gasteiger partial charge in [0.15, 0.2) is 12.2 Å². The van der Waals surface area contributed by atoms with Crippen LogP contribution in [0.3, 0.4) is 0 Å². The van der Waals surface area contributed by atoms with Crippen LogP contribution in [0.4, 0.5) is 0 Å². The molecule has 0 spiro atoms. The second-order valence-corrected chi connectivity index (χ2v) is 29.1. The molecule has 3 N–H and O–H groups in total. The Kier molecular flexibility index (Phi) is 60.8. The van der Waals surface area contributed by atoms with Crippen LogP contribution in [-0.4, -0.2) is 96.7 Å². The van der Waals surface area contributed by atoms with Gasteiger partial charge >= 0.3 is 39.5 Å². The molecule has 2 unspecified atom stereocenters. The first kappa shape index (κ1) is 87.1. The van der Waals surface area contributed by atoms with Crippen LogP contribution in [0.5, 0.6) is 0 Å². The molecular weight excluding hydrogens is 1170 g/mol. The maximum absolute atomic E-state index is 13.0. The normalized spacial score (nSPS) is 14.1. The zero-order valence-electron chi connectivity index (χ0n) is 57.7. The fourth-order valence-electron chi connectivity index (χ4n) is 10.6. The van der Waals surface area contributed by atoms with E-state index in [1.165, 1.54) is 167 Å². The first-order chi connectivity index (χ1) is 42.9. The molecule has 5 atom stereocenters. The maximum Gasteiger partial charge on any atom is 0.472 e. The van der Waals surface area contributed by atoms with Gasteiger partial charge in [-0.3, -0.25) is 37.3 Å². The van der Waals surface area contributed by atoms with E-state index in [9.17, 15) is 43.2 Å². The minimum Gasteiger partial charge on any atom is -0.462 e. The summed E-state index contributed by atoms with van der Waals surface area (Å²) in [4.78, 5) is 72.5. The molecule has 528 valence electrons. The van der Waals surface area contributed by atoms with Gasteiger partial charge in [-0.15, -0.1) is 0 Å². The van der Waals surface area contributed by atoms with Crippen molar-refractivity contribution in [2.75, 3.05) is 39.6 Å². The van der Waals surface area contributed by atoms with Gasteiger partial charge in [-0.1, -0.05) is 305 Å². The monoisotopic (exact) mass is 1310 g/mol. The van der Waals surface area contributed by atoms with E-state index in [1.54, 1.807) is 0 Å². The van der Waals surface area contributed by atoms with Gasteiger partial charge in [0.05, 0.1) is 26.4 Å². The lowest BCUT2D eigenvalue weighted by Gasteiger charge is -2.21. The Balaban J connectivity index is 5.25. The summed E-state index contributed by atoms with van der Waals surface area (Å²) in [6.07, 6.45) is 47.1. The number of aliphatic hydroxyl groups excluding tert-OH is 1. The molecular formula is C70H136O17P2. The van der Waals surface area contributed by atoms with Crippen LogP contribution in [0.1, 0.15) is 356 Å². The molecule has 19 heteroatoms. The van der Waals surface area contributed by atoms with Crippen molar-refractivity contribution in [1.29, 1.82) is 0 Å². The Morgan fingerprint density at radius 2 is 0.517 bits per heavy atom. The molecule has 0 aromatic rings. The lowest BCUT2D eigenvalue weighted by Crippen LogP contribution is -2.30. The second kappa shape index (κ2) is 62.2. The van der Waals surface area contributed by atoms with Gasteiger partial charge < -0.3 is 33.8 Å². The number of unbranched alkanes of at least 4 members (excludes halogenated alkanes) is 39. The van der Waals surface area contributed by atoms with Gasteiger partial charge in [0, 0.05) is 25.7 Å². The Bertz CT molecular complexity index is 1730. The molecule has 17 nitrogen and oxygen atoms in total. The van der Waals surface area contributed by atoms with Gasteiger partial charge in [-0.05, 0) is 37.5 Å². The first-order valence-corrected chi connectivity index (χ1v) is 39.5. The number of carbonyl (C=O) groups is 4. The quantitative estimate of drug-likeness (QED) is 0.0222. The van der Waals surface area contributed by atoms with Gasteiger partial charge in [0.2, 0.25) is 0 Å². The molecule has 0 bridgehead atoms. The number of carbonyl (C=O) groups excluding carboxylic acids is 4. The molecule has 0 aliphatic carbocycles. The molecule has 0 fully saturated rings. The lowest BCUT2D eigenvalue weighted by molar-refractivity contribution is -0.161. The average molecular weight is 1310 g/mol. The number of ether oxygens (including phenoxy) is 4. The van der Waals surface area contributed by atoms with Crippen molar-refractivity contribution in [3.63, 3.8) is 0 Å². The summed E-state index contributed by atoms with van der Waals surface area (Å²) < 4.78 is 68.3. The number of phosphoric acid groups is 2. The van der Waals surface area contributed by atoms with E-state index in [2.05, 4.69) is 41.5 Å². The van der Waals surface area contributed by atoms with Crippen LogP contribution in [-0.2, 0) is 65.4 Å². The smallest absolute Gasteiger partial charge is 0.462 e. The SMILES string of the molecule is CCCCCCCCCCCCCCCC(=O)OC[C@H](COP(=O)(O)OC[C@@H](O)COP(=O)(O)OC[C@@H](COC(=O)CCCCCCCCCC(C)C)OC(=O)CCCCCCCCCCCCCC)OC(=O)CCCCCCCCCCCCCC(C)C. The zero-order valence-corrected chi connectivity index (χ0v) is 59.5.